The first kappa shape index (κ1) is 12.5. The van der Waals surface area contributed by atoms with Gasteiger partial charge in [-0.05, 0) is 67.7 Å². The van der Waals surface area contributed by atoms with Crippen LogP contribution in [-0.2, 0) is 0 Å². The summed E-state index contributed by atoms with van der Waals surface area (Å²) in [4.78, 5) is 1.20. The minimum Gasteiger partial charge on any atom is -0.271 e. The van der Waals surface area contributed by atoms with Gasteiger partial charge in [0.15, 0.2) is 0 Å². The molecular formula is C11H10BrIN2S. The van der Waals surface area contributed by atoms with Gasteiger partial charge in [-0.2, -0.15) is 0 Å². The average molecular weight is 409 g/mol. The molecule has 0 saturated carbocycles. The topological polar surface area (TPSA) is 38.0 Å². The SMILES string of the molecule is NNC(c1ccc(I)cc1)c1sccc1Br. The highest BCUT2D eigenvalue weighted by Crippen LogP contribution is 2.32. The summed E-state index contributed by atoms with van der Waals surface area (Å²) in [5.74, 6) is 5.64. The van der Waals surface area contributed by atoms with Crippen molar-refractivity contribution in [2.45, 2.75) is 6.04 Å². The van der Waals surface area contributed by atoms with Gasteiger partial charge in [0.2, 0.25) is 0 Å². The molecule has 84 valence electrons. The molecule has 2 nitrogen and oxygen atoms in total. The van der Waals surface area contributed by atoms with Crippen LogP contribution >= 0.6 is 49.9 Å². The fraction of sp³-hybridized carbons (Fsp3) is 0.0909. The highest BCUT2D eigenvalue weighted by molar-refractivity contribution is 14.1. The van der Waals surface area contributed by atoms with Gasteiger partial charge < -0.3 is 0 Å². The van der Waals surface area contributed by atoms with Gasteiger partial charge in [-0.15, -0.1) is 11.3 Å². The van der Waals surface area contributed by atoms with Crippen LogP contribution in [0.5, 0.6) is 0 Å². The summed E-state index contributed by atoms with van der Waals surface area (Å²) in [5, 5.41) is 2.05. The van der Waals surface area contributed by atoms with Crippen molar-refractivity contribution < 1.29 is 0 Å². The lowest BCUT2D eigenvalue weighted by atomic mass is 10.1. The normalized spacial score (nSPS) is 12.7. The van der Waals surface area contributed by atoms with Crippen molar-refractivity contribution in [3.8, 4) is 0 Å². The zero-order valence-corrected chi connectivity index (χ0v) is 12.8. The van der Waals surface area contributed by atoms with Crippen LogP contribution in [0, 0.1) is 3.57 Å². The van der Waals surface area contributed by atoms with E-state index in [0.29, 0.717) is 0 Å². The molecule has 0 saturated heterocycles. The number of halogens is 2. The van der Waals surface area contributed by atoms with Crippen LogP contribution in [0.3, 0.4) is 0 Å². The summed E-state index contributed by atoms with van der Waals surface area (Å²) >= 11 is 7.52. The second kappa shape index (κ2) is 5.59. The lowest BCUT2D eigenvalue weighted by molar-refractivity contribution is 0.644. The van der Waals surface area contributed by atoms with E-state index in [-0.39, 0.29) is 6.04 Å². The minimum atomic E-state index is 0.0476. The molecule has 0 aliphatic rings. The van der Waals surface area contributed by atoms with Crippen molar-refractivity contribution in [2.75, 3.05) is 0 Å². The number of benzene rings is 1. The van der Waals surface area contributed by atoms with Crippen LogP contribution < -0.4 is 11.3 Å². The van der Waals surface area contributed by atoms with Crippen molar-refractivity contribution in [3.05, 3.63) is 54.2 Å². The number of hydrazine groups is 1. The van der Waals surface area contributed by atoms with E-state index in [1.54, 1.807) is 11.3 Å². The third-order valence-electron chi connectivity index (χ3n) is 2.28. The average Bonchev–Trinajstić information content (AvgIpc) is 2.69. The molecule has 2 aromatic rings. The van der Waals surface area contributed by atoms with Crippen LogP contribution in [0.2, 0.25) is 0 Å². The number of hydrogen-bond donors (Lipinski definition) is 2. The van der Waals surface area contributed by atoms with Crippen molar-refractivity contribution in [1.29, 1.82) is 0 Å². The monoisotopic (exact) mass is 408 g/mol. The van der Waals surface area contributed by atoms with Crippen molar-refractivity contribution in [2.24, 2.45) is 5.84 Å². The molecule has 1 atom stereocenters. The van der Waals surface area contributed by atoms with E-state index in [1.807, 2.05) is 6.07 Å². The first-order valence-corrected chi connectivity index (χ1v) is 7.42. The highest BCUT2D eigenvalue weighted by Gasteiger charge is 2.16. The third kappa shape index (κ3) is 2.65. The van der Waals surface area contributed by atoms with Crippen molar-refractivity contribution >= 4 is 49.9 Å². The van der Waals surface area contributed by atoms with E-state index in [0.717, 1.165) is 4.47 Å². The van der Waals surface area contributed by atoms with Crippen LogP contribution in [0.25, 0.3) is 0 Å². The minimum absolute atomic E-state index is 0.0476. The van der Waals surface area contributed by atoms with E-state index in [2.05, 4.69) is 73.6 Å². The van der Waals surface area contributed by atoms with Gasteiger partial charge in [-0.1, -0.05) is 12.1 Å². The van der Waals surface area contributed by atoms with Crippen LogP contribution in [0.15, 0.2) is 40.2 Å². The summed E-state index contributed by atoms with van der Waals surface area (Å²) in [6.07, 6.45) is 0. The Morgan fingerprint density at radius 3 is 2.44 bits per heavy atom. The van der Waals surface area contributed by atoms with Gasteiger partial charge in [0.1, 0.15) is 0 Å². The zero-order valence-electron chi connectivity index (χ0n) is 8.28. The standard InChI is InChI=1S/C11H10BrIN2S/c12-9-5-6-16-11(9)10(15-14)7-1-3-8(13)4-2-7/h1-6,10,15H,14H2. The Balaban J connectivity index is 2.37. The Kier molecular flexibility index (Phi) is 4.37. The van der Waals surface area contributed by atoms with Crippen LogP contribution in [-0.4, -0.2) is 0 Å². The molecule has 1 aromatic carbocycles. The fourth-order valence-corrected chi connectivity index (χ4v) is 3.54. The molecule has 16 heavy (non-hydrogen) atoms. The van der Waals surface area contributed by atoms with Crippen LogP contribution in [0.1, 0.15) is 16.5 Å². The molecule has 0 aliphatic carbocycles. The quantitative estimate of drug-likeness (QED) is 0.462. The maximum atomic E-state index is 5.64. The smallest absolute Gasteiger partial charge is 0.0813 e. The maximum Gasteiger partial charge on any atom is 0.0813 e. The summed E-state index contributed by atoms with van der Waals surface area (Å²) in [6.45, 7) is 0. The van der Waals surface area contributed by atoms with Gasteiger partial charge in [0, 0.05) is 12.9 Å². The summed E-state index contributed by atoms with van der Waals surface area (Å²) < 4.78 is 2.32. The molecule has 0 aliphatic heterocycles. The molecule has 0 radical (unpaired) electrons. The molecular weight excluding hydrogens is 399 g/mol. The van der Waals surface area contributed by atoms with Gasteiger partial charge in [-0.25, -0.2) is 5.43 Å². The Labute approximate surface area is 120 Å². The second-order valence-corrected chi connectivity index (χ2v) is 6.33. The Bertz CT molecular complexity index is 469. The van der Waals surface area contributed by atoms with Gasteiger partial charge in [0.05, 0.1) is 6.04 Å². The number of nitrogens with one attached hydrogen (secondary N) is 1. The van der Waals surface area contributed by atoms with E-state index >= 15 is 0 Å². The van der Waals surface area contributed by atoms with Crippen LogP contribution in [0.4, 0.5) is 0 Å². The number of hydrogen-bond acceptors (Lipinski definition) is 3. The predicted molar refractivity (Wildman–Crippen MR) is 80.3 cm³/mol. The van der Waals surface area contributed by atoms with Gasteiger partial charge in [0.25, 0.3) is 0 Å². The van der Waals surface area contributed by atoms with Crippen molar-refractivity contribution in [1.82, 2.24) is 5.43 Å². The highest BCUT2D eigenvalue weighted by atomic mass is 127. The molecule has 0 spiro atoms. The van der Waals surface area contributed by atoms with E-state index in [4.69, 9.17) is 5.84 Å². The third-order valence-corrected chi connectivity index (χ3v) is 4.93. The summed E-state index contributed by atoms with van der Waals surface area (Å²) in [7, 11) is 0. The Hall–Kier alpha value is 0.0500. The summed E-state index contributed by atoms with van der Waals surface area (Å²) in [6, 6.07) is 10.4. The predicted octanol–water partition coefficient (Wildman–Crippen LogP) is 3.67. The van der Waals surface area contributed by atoms with Crippen molar-refractivity contribution in [3.63, 3.8) is 0 Å². The molecule has 5 heteroatoms. The number of rotatable bonds is 3. The van der Waals surface area contributed by atoms with E-state index in [9.17, 15) is 0 Å². The molecule has 3 N–H and O–H groups in total. The Morgan fingerprint density at radius 1 is 1.25 bits per heavy atom. The number of nitrogens with two attached hydrogens (primary N) is 1. The molecule has 0 amide bonds. The first-order chi connectivity index (χ1) is 7.72. The molecule has 1 heterocycles. The lowest BCUT2D eigenvalue weighted by Crippen LogP contribution is -2.28. The van der Waals surface area contributed by atoms with E-state index < -0.39 is 0 Å². The second-order valence-electron chi connectivity index (χ2n) is 3.28. The molecule has 1 aromatic heterocycles. The maximum absolute atomic E-state index is 5.64. The molecule has 1 unspecified atom stereocenters. The molecule has 0 bridgehead atoms. The first-order valence-electron chi connectivity index (χ1n) is 4.67. The van der Waals surface area contributed by atoms with E-state index in [1.165, 1.54) is 14.0 Å². The van der Waals surface area contributed by atoms with Gasteiger partial charge in [-0.3, -0.25) is 5.84 Å². The fourth-order valence-electron chi connectivity index (χ4n) is 1.49. The van der Waals surface area contributed by atoms with Gasteiger partial charge >= 0.3 is 0 Å². The summed E-state index contributed by atoms with van der Waals surface area (Å²) in [5.41, 5.74) is 4.03. The molecule has 0 fully saturated rings. The zero-order chi connectivity index (χ0) is 11.5. The Morgan fingerprint density at radius 2 is 1.94 bits per heavy atom. The number of thiophene rings is 1. The molecule has 2 rings (SSSR count). The lowest BCUT2D eigenvalue weighted by Gasteiger charge is -2.15. The largest absolute Gasteiger partial charge is 0.271 e.